The summed E-state index contributed by atoms with van der Waals surface area (Å²) in [6, 6.07) is 32.2. The van der Waals surface area contributed by atoms with Crippen LogP contribution in [0.1, 0.15) is 22.1 Å². The number of ether oxygens (including phenoxy) is 1. The maximum Gasteiger partial charge on any atom is 0.340 e. The molecule has 0 amide bonds. The molecule has 6 heteroatoms. The normalized spacial score (nSPS) is 11.9. The highest BCUT2D eigenvalue weighted by Crippen LogP contribution is 2.28. The number of rotatable bonds is 5. The van der Waals surface area contributed by atoms with Crippen LogP contribution in [0.15, 0.2) is 103 Å². The molecule has 0 spiro atoms. The Labute approximate surface area is 189 Å². The highest BCUT2D eigenvalue weighted by Gasteiger charge is 2.23. The average Bonchev–Trinajstić information content (AvgIpc) is 3.27. The van der Waals surface area contributed by atoms with Crippen molar-refractivity contribution in [2.45, 2.75) is 6.23 Å². The highest BCUT2D eigenvalue weighted by atomic mass is 35.5. The molecule has 156 valence electrons. The lowest BCUT2D eigenvalue weighted by Crippen LogP contribution is -2.20. The van der Waals surface area contributed by atoms with Crippen molar-refractivity contribution in [3.63, 3.8) is 0 Å². The fourth-order valence-electron chi connectivity index (χ4n) is 3.58. The van der Waals surface area contributed by atoms with E-state index in [1.165, 1.54) is 0 Å². The SMILES string of the molecule is O=C(OC(c1ccc(-c2ccccc2)cc1)n1nnc2ccccc21)c1cccc(Cl)c1. The summed E-state index contributed by atoms with van der Waals surface area (Å²) < 4.78 is 7.56. The molecular weight excluding hydrogens is 422 g/mol. The summed E-state index contributed by atoms with van der Waals surface area (Å²) in [4.78, 5) is 13.0. The van der Waals surface area contributed by atoms with Crippen LogP contribution in [0.4, 0.5) is 0 Å². The Kier molecular flexibility index (Phi) is 5.40. The number of para-hydroxylation sites is 1. The van der Waals surface area contributed by atoms with E-state index < -0.39 is 12.2 Å². The third-order valence-electron chi connectivity index (χ3n) is 5.18. The van der Waals surface area contributed by atoms with Crippen molar-refractivity contribution >= 4 is 28.6 Å². The molecule has 5 aromatic rings. The minimum Gasteiger partial charge on any atom is -0.432 e. The fourth-order valence-corrected chi connectivity index (χ4v) is 3.77. The zero-order valence-electron chi connectivity index (χ0n) is 16.9. The van der Waals surface area contributed by atoms with Gasteiger partial charge in [0.2, 0.25) is 6.23 Å². The van der Waals surface area contributed by atoms with E-state index in [0.717, 1.165) is 27.7 Å². The molecule has 0 aliphatic rings. The number of nitrogens with zero attached hydrogens (tertiary/aromatic N) is 3. The third-order valence-corrected chi connectivity index (χ3v) is 5.42. The van der Waals surface area contributed by atoms with Crippen molar-refractivity contribution in [3.8, 4) is 11.1 Å². The molecular formula is C26H18ClN3O2. The van der Waals surface area contributed by atoms with E-state index in [0.29, 0.717) is 10.6 Å². The van der Waals surface area contributed by atoms with Gasteiger partial charge in [-0.1, -0.05) is 89.6 Å². The molecule has 0 aliphatic heterocycles. The Morgan fingerprint density at radius 2 is 1.53 bits per heavy atom. The third kappa shape index (κ3) is 3.98. The second-order valence-corrected chi connectivity index (χ2v) is 7.72. The van der Waals surface area contributed by atoms with Crippen LogP contribution in [0.2, 0.25) is 5.02 Å². The summed E-state index contributed by atoms with van der Waals surface area (Å²) in [7, 11) is 0. The van der Waals surface area contributed by atoms with Gasteiger partial charge in [-0.05, 0) is 41.5 Å². The van der Waals surface area contributed by atoms with E-state index in [-0.39, 0.29) is 0 Å². The second-order valence-electron chi connectivity index (χ2n) is 7.28. The smallest absolute Gasteiger partial charge is 0.340 e. The standard InChI is InChI=1S/C26H18ClN3O2/c27-22-10-6-9-21(17-22)26(31)32-25(30-24-12-5-4-11-23(24)28-29-30)20-15-13-19(14-16-20)18-7-2-1-3-8-18/h1-17,25H. The predicted molar refractivity (Wildman–Crippen MR) is 124 cm³/mol. The number of carbonyl (C=O) groups is 1. The molecule has 0 fully saturated rings. The largest absolute Gasteiger partial charge is 0.432 e. The van der Waals surface area contributed by atoms with Crippen molar-refractivity contribution in [2.75, 3.05) is 0 Å². The Morgan fingerprint density at radius 1 is 0.812 bits per heavy atom. The molecule has 0 bridgehead atoms. The molecule has 0 saturated heterocycles. The number of fused-ring (bicyclic) bond motifs is 1. The lowest BCUT2D eigenvalue weighted by molar-refractivity contribution is 0.0196. The monoisotopic (exact) mass is 439 g/mol. The van der Waals surface area contributed by atoms with Crippen molar-refractivity contribution in [1.82, 2.24) is 15.0 Å². The first-order valence-electron chi connectivity index (χ1n) is 10.1. The van der Waals surface area contributed by atoms with Crippen LogP contribution in [0, 0.1) is 0 Å². The van der Waals surface area contributed by atoms with Gasteiger partial charge in [-0.25, -0.2) is 9.48 Å². The first-order chi connectivity index (χ1) is 15.7. The van der Waals surface area contributed by atoms with Crippen LogP contribution in [0.3, 0.4) is 0 Å². The van der Waals surface area contributed by atoms with Crippen molar-refractivity contribution in [2.24, 2.45) is 0 Å². The molecule has 0 saturated carbocycles. The molecule has 0 aliphatic carbocycles. The molecule has 5 rings (SSSR count). The van der Waals surface area contributed by atoms with Crippen molar-refractivity contribution < 1.29 is 9.53 Å². The van der Waals surface area contributed by atoms with Gasteiger partial charge in [-0.3, -0.25) is 0 Å². The van der Waals surface area contributed by atoms with Crippen LogP contribution < -0.4 is 0 Å². The lowest BCUT2D eigenvalue weighted by Gasteiger charge is -2.19. The van der Waals surface area contributed by atoms with E-state index in [2.05, 4.69) is 22.4 Å². The molecule has 32 heavy (non-hydrogen) atoms. The first kappa shape index (κ1) is 20.0. The molecule has 5 nitrogen and oxygen atoms in total. The number of esters is 1. The first-order valence-corrected chi connectivity index (χ1v) is 10.5. The maximum absolute atomic E-state index is 13.0. The Bertz CT molecular complexity index is 1380. The highest BCUT2D eigenvalue weighted by molar-refractivity contribution is 6.30. The second kappa shape index (κ2) is 8.65. The average molecular weight is 440 g/mol. The number of halogens is 1. The Morgan fingerprint density at radius 3 is 2.31 bits per heavy atom. The van der Waals surface area contributed by atoms with Gasteiger partial charge in [-0.15, -0.1) is 5.10 Å². The number of hydrogen-bond donors (Lipinski definition) is 0. The van der Waals surface area contributed by atoms with Gasteiger partial charge in [0.25, 0.3) is 0 Å². The molecule has 1 atom stereocenters. The van der Waals surface area contributed by atoms with Gasteiger partial charge in [0.1, 0.15) is 5.52 Å². The maximum atomic E-state index is 13.0. The van der Waals surface area contributed by atoms with Gasteiger partial charge in [0.05, 0.1) is 11.1 Å². The van der Waals surface area contributed by atoms with Crippen LogP contribution in [-0.4, -0.2) is 21.0 Å². The zero-order valence-corrected chi connectivity index (χ0v) is 17.7. The number of aromatic nitrogens is 3. The molecule has 1 heterocycles. The van der Waals surface area contributed by atoms with Crippen molar-refractivity contribution in [1.29, 1.82) is 0 Å². The number of carbonyl (C=O) groups excluding carboxylic acids is 1. The predicted octanol–water partition coefficient (Wildman–Crippen LogP) is 6.16. The molecule has 4 aromatic carbocycles. The van der Waals surface area contributed by atoms with Crippen LogP contribution in [-0.2, 0) is 4.74 Å². The Hall–Kier alpha value is -3.96. The van der Waals surface area contributed by atoms with Crippen LogP contribution >= 0.6 is 11.6 Å². The van der Waals surface area contributed by atoms with Gasteiger partial charge >= 0.3 is 5.97 Å². The summed E-state index contributed by atoms with van der Waals surface area (Å²) >= 11 is 6.06. The van der Waals surface area contributed by atoms with E-state index in [1.807, 2.05) is 66.7 Å². The zero-order chi connectivity index (χ0) is 21.9. The van der Waals surface area contributed by atoms with E-state index >= 15 is 0 Å². The van der Waals surface area contributed by atoms with Gasteiger partial charge in [-0.2, -0.15) is 0 Å². The van der Waals surface area contributed by atoms with Crippen LogP contribution in [0.25, 0.3) is 22.2 Å². The van der Waals surface area contributed by atoms with Crippen molar-refractivity contribution in [3.05, 3.63) is 119 Å². The summed E-state index contributed by atoms with van der Waals surface area (Å²) in [5.41, 5.74) is 4.81. The van der Waals surface area contributed by atoms with E-state index in [1.54, 1.807) is 28.9 Å². The quantitative estimate of drug-likeness (QED) is 0.308. The minimum absolute atomic E-state index is 0.368. The summed E-state index contributed by atoms with van der Waals surface area (Å²) in [5.74, 6) is -0.496. The van der Waals surface area contributed by atoms with Crippen LogP contribution in [0.5, 0.6) is 0 Å². The van der Waals surface area contributed by atoms with Gasteiger partial charge in [0, 0.05) is 10.6 Å². The lowest BCUT2D eigenvalue weighted by atomic mass is 10.0. The fraction of sp³-hybridized carbons (Fsp3) is 0.0385. The molecule has 0 radical (unpaired) electrons. The number of benzene rings is 4. The number of hydrogen-bond acceptors (Lipinski definition) is 4. The molecule has 1 aromatic heterocycles. The molecule has 1 unspecified atom stereocenters. The summed E-state index contributed by atoms with van der Waals surface area (Å²) in [6.45, 7) is 0. The Balaban J connectivity index is 1.54. The topological polar surface area (TPSA) is 57.0 Å². The van der Waals surface area contributed by atoms with E-state index in [4.69, 9.17) is 16.3 Å². The molecule has 0 N–H and O–H groups in total. The van der Waals surface area contributed by atoms with Gasteiger partial charge in [0.15, 0.2) is 0 Å². The van der Waals surface area contributed by atoms with Gasteiger partial charge < -0.3 is 4.74 Å². The summed E-state index contributed by atoms with van der Waals surface area (Å²) in [5, 5.41) is 8.97. The minimum atomic E-state index is -0.793. The van der Waals surface area contributed by atoms with E-state index in [9.17, 15) is 4.79 Å². The summed E-state index contributed by atoms with van der Waals surface area (Å²) in [6.07, 6.45) is -0.793.